The highest BCUT2D eigenvalue weighted by Crippen LogP contribution is 2.25. The van der Waals surface area contributed by atoms with Crippen molar-refractivity contribution < 1.29 is 19.0 Å². The van der Waals surface area contributed by atoms with Gasteiger partial charge in [-0.05, 0) is 55.0 Å². The maximum absolute atomic E-state index is 12.6. The van der Waals surface area contributed by atoms with Gasteiger partial charge >= 0.3 is 5.97 Å². The highest BCUT2D eigenvalue weighted by atomic mass is 79.9. The highest BCUT2D eigenvalue weighted by molar-refractivity contribution is 9.10. The van der Waals surface area contributed by atoms with E-state index in [9.17, 15) is 4.79 Å². The lowest BCUT2D eigenvalue weighted by atomic mass is 10.2. The van der Waals surface area contributed by atoms with E-state index in [1.54, 1.807) is 24.3 Å². The van der Waals surface area contributed by atoms with Crippen LogP contribution in [0.3, 0.4) is 0 Å². The van der Waals surface area contributed by atoms with Gasteiger partial charge in [-0.2, -0.15) is 0 Å². The number of hydrogen-bond acceptors (Lipinski definition) is 4. The van der Waals surface area contributed by atoms with Gasteiger partial charge in [-0.15, -0.1) is 0 Å². The predicted octanol–water partition coefficient (Wildman–Crippen LogP) is 5.43. The van der Waals surface area contributed by atoms with Gasteiger partial charge in [-0.3, -0.25) is 0 Å². The molecule has 138 valence electrons. The summed E-state index contributed by atoms with van der Waals surface area (Å²) in [6, 6.07) is 22.0. The number of ether oxygens (including phenoxy) is 3. The molecule has 0 N–H and O–H groups in total. The molecule has 3 aromatic rings. The van der Waals surface area contributed by atoms with Crippen LogP contribution in [0.1, 0.15) is 15.9 Å². The molecule has 0 aromatic heterocycles. The molecule has 0 saturated heterocycles. The first-order valence-corrected chi connectivity index (χ1v) is 9.31. The number of benzene rings is 3. The van der Waals surface area contributed by atoms with Gasteiger partial charge in [0.05, 0.1) is 0 Å². The molecule has 27 heavy (non-hydrogen) atoms. The lowest BCUT2D eigenvalue weighted by Crippen LogP contribution is -2.14. The Morgan fingerprint density at radius 3 is 2.33 bits per heavy atom. The normalized spacial score (nSPS) is 10.3. The third kappa shape index (κ3) is 5.34. The number of esters is 1. The molecule has 0 radical (unpaired) electrons. The van der Waals surface area contributed by atoms with Crippen molar-refractivity contribution in [2.75, 3.05) is 13.2 Å². The summed E-state index contributed by atoms with van der Waals surface area (Å²) in [5.74, 6) is 1.30. The average molecular weight is 427 g/mol. The van der Waals surface area contributed by atoms with Crippen LogP contribution in [0.2, 0.25) is 0 Å². The number of hydrogen-bond donors (Lipinski definition) is 0. The molecule has 0 saturated carbocycles. The zero-order valence-electron chi connectivity index (χ0n) is 14.9. The second-order valence-electron chi connectivity index (χ2n) is 5.81. The molecular formula is C22H19BrO4. The molecule has 0 unspecified atom stereocenters. The lowest BCUT2D eigenvalue weighted by molar-refractivity contribution is 0.0728. The van der Waals surface area contributed by atoms with Crippen molar-refractivity contribution in [3.63, 3.8) is 0 Å². The van der Waals surface area contributed by atoms with Crippen molar-refractivity contribution in [1.82, 2.24) is 0 Å². The van der Waals surface area contributed by atoms with Crippen LogP contribution in [-0.4, -0.2) is 19.2 Å². The van der Waals surface area contributed by atoms with E-state index < -0.39 is 5.97 Å². The molecule has 0 atom stereocenters. The Morgan fingerprint density at radius 2 is 1.56 bits per heavy atom. The van der Waals surface area contributed by atoms with Gasteiger partial charge < -0.3 is 14.2 Å². The van der Waals surface area contributed by atoms with Crippen molar-refractivity contribution in [1.29, 1.82) is 0 Å². The fraction of sp³-hybridized carbons (Fsp3) is 0.136. The molecule has 5 heteroatoms. The largest absolute Gasteiger partial charge is 0.490 e. The van der Waals surface area contributed by atoms with E-state index in [1.165, 1.54) is 0 Å². The van der Waals surface area contributed by atoms with E-state index in [1.807, 2.05) is 55.5 Å². The Labute approximate surface area is 166 Å². The van der Waals surface area contributed by atoms with E-state index in [-0.39, 0.29) is 0 Å². The van der Waals surface area contributed by atoms with Crippen LogP contribution in [0, 0.1) is 6.92 Å². The molecule has 4 nitrogen and oxygen atoms in total. The minimum atomic E-state index is -0.458. The monoisotopic (exact) mass is 426 g/mol. The zero-order valence-corrected chi connectivity index (χ0v) is 16.4. The van der Waals surface area contributed by atoms with Crippen LogP contribution in [0.5, 0.6) is 17.2 Å². The Bertz CT molecular complexity index is 909. The Balaban J connectivity index is 1.61. The van der Waals surface area contributed by atoms with Crippen LogP contribution in [0.25, 0.3) is 0 Å². The topological polar surface area (TPSA) is 44.8 Å². The second-order valence-corrected chi connectivity index (χ2v) is 6.72. The molecule has 0 fully saturated rings. The quantitative estimate of drug-likeness (QED) is 0.286. The first-order chi connectivity index (χ1) is 13.1. The lowest BCUT2D eigenvalue weighted by Gasteiger charge is -2.12. The maximum Gasteiger partial charge on any atom is 0.347 e. The van der Waals surface area contributed by atoms with Crippen molar-refractivity contribution in [3.05, 3.63) is 88.4 Å². The van der Waals surface area contributed by atoms with Crippen molar-refractivity contribution in [2.24, 2.45) is 0 Å². The van der Waals surface area contributed by atoms with E-state index >= 15 is 0 Å². The molecule has 0 aliphatic heterocycles. The molecule has 3 aromatic carbocycles. The first-order valence-electron chi connectivity index (χ1n) is 8.51. The number of carbonyl (C=O) groups excluding carboxylic acids is 1. The summed E-state index contributed by atoms with van der Waals surface area (Å²) < 4.78 is 17.8. The molecule has 0 bridgehead atoms. The number of rotatable bonds is 7. The SMILES string of the molecule is Cc1cc(Br)ccc1OC(=O)c1ccccc1OCCOc1ccccc1. The summed E-state index contributed by atoms with van der Waals surface area (Å²) in [4.78, 5) is 12.6. The number of aryl methyl sites for hydroxylation is 1. The Hall–Kier alpha value is -2.79. The summed E-state index contributed by atoms with van der Waals surface area (Å²) in [5, 5.41) is 0. The van der Waals surface area contributed by atoms with E-state index in [2.05, 4.69) is 15.9 Å². The Morgan fingerprint density at radius 1 is 0.852 bits per heavy atom. The zero-order chi connectivity index (χ0) is 19.1. The van der Waals surface area contributed by atoms with Crippen molar-refractivity contribution in [3.8, 4) is 17.2 Å². The molecule has 0 heterocycles. The van der Waals surface area contributed by atoms with Crippen LogP contribution >= 0.6 is 15.9 Å². The van der Waals surface area contributed by atoms with Gasteiger partial charge in [-0.25, -0.2) is 4.79 Å². The van der Waals surface area contributed by atoms with Gasteiger partial charge in [0.25, 0.3) is 0 Å². The standard InChI is InChI=1S/C22H19BrO4/c1-16-15-17(23)11-12-20(16)27-22(24)19-9-5-6-10-21(19)26-14-13-25-18-7-3-2-4-8-18/h2-12,15H,13-14H2,1H3. The number of carbonyl (C=O) groups is 1. The number of halogens is 1. The molecule has 0 spiro atoms. The summed E-state index contributed by atoms with van der Waals surface area (Å²) in [7, 11) is 0. The minimum absolute atomic E-state index is 0.316. The van der Waals surface area contributed by atoms with Crippen LogP contribution in [0.4, 0.5) is 0 Å². The van der Waals surface area contributed by atoms with E-state index in [4.69, 9.17) is 14.2 Å². The van der Waals surface area contributed by atoms with Crippen LogP contribution in [-0.2, 0) is 0 Å². The third-order valence-electron chi connectivity index (χ3n) is 3.80. The van der Waals surface area contributed by atoms with Gasteiger partial charge in [0.1, 0.15) is 36.0 Å². The summed E-state index contributed by atoms with van der Waals surface area (Å²) in [5.41, 5.74) is 1.24. The minimum Gasteiger partial charge on any atom is -0.490 e. The summed E-state index contributed by atoms with van der Waals surface area (Å²) in [6.07, 6.45) is 0. The van der Waals surface area contributed by atoms with Gasteiger partial charge in [0.2, 0.25) is 0 Å². The molecule has 0 aliphatic carbocycles. The molecule has 3 rings (SSSR count). The fourth-order valence-electron chi connectivity index (χ4n) is 2.47. The average Bonchev–Trinajstić information content (AvgIpc) is 2.68. The highest BCUT2D eigenvalue weighted by Gasteiger charge is 2.15. The van der Waals surface area contributed by atoms with E-state index in [0.717, 1.165) is 15.8 Å². The Kier molecular flexibility index (Phi) is 6.49. The maximum atomic E-state index is 12.6. The fourth-order valence-corrected chi connectivity index (χ4v) is 2.95. The molecule has 0 amide bonds. The summed E-state index contributed by atoms with van der Waals surface area (Å²) in [6.45, 7) is 2.58. The van der Waals surface area contributed by atoms with Gasteiger partial charge in [0.15, 0.2) is 0 Å². The first kappa shape index (κ1) is 19.0. The van der Waals surface area contributed by atoms with Crippen LogP contribution in [0.15, 0.2) is 77.3 Å². The molecular weight excluding hydrogens is 408 g/mol. The van der Waals surface area contributed by atoms with E-state index in [0.29, 0.717) is 30.3 Å². The second kappa shape index (κ2) is 9.24. The third-order valence-corrected chi connectivity index (χ3v) is 4.29. The van der Waals surface area contributed by atoms with Crippen LogP contribution < -0.4 is 14.2 Å². The smallest absolute Gasteiger partial charge is 0.347 e. The predicted molar refractivity (Wildman–Crippen MR) is 108 cm³/mol. The van der Waals surface area contributed by atoms with Crippen molar-refractivity contribution in [2.45, 2.75) is 6.92 Å². The number of para-hydroxylation sites is 2. The van der Waals surface area contributed by atoms with Crippen molar-refractivity contribution >= 4 is 21.9 Å². The summed E-state index contributed by atoms with van der Waals surface area (Å²) >= 11 is 3.40. The van der Waals surface area contributed by atoms with Gasteiger partial charge in [0, 0.05) is 4.47 Å². The molecule has 0 aliphatic rings. The van der Waals surface area contributed by atoms with Gasteiger partial charge in [-0.1, -0.05) is 46.3 Å².